The number of H-pyrrole nitrogens is 1. The fourth-order valence-corrected chi connectivity index (χ4v) is 3.36. The molecule has 3 aromatic heterocycles. The summed E-state index contributed by atoms with van der Waals surface area (Å²) in [6.45, 7) is -1.07. The molecule has 0 radical (unpaired) electrons. The number of pyridine rings is 1. The molecule has 0 bridgehead atoms. The van der Waals surface area contributed by atoms with Gasteiger partial charge in [0.1, 0.15) is 12.2 Å². The normalized spacial score (nSPS) is 15.1. The number of alkyl halides is 3. The lowest BCUT2D eigenvalue weighted by Gasteiger charge is -2.14. The van der Waals surface area contributed by atoms with E-state index >= 15 is 0 Å². The maximum Gasteiger partial charge on any atom is 0.408 e. The average molecular weight is 320 g/mol. The van der Waals surface area contributed by atoms with E-state index in [0.29, 0.717) is 11.3 Å². The largest absolute Gasteiger partial charge is 0.408 e. The first-order valence-corrected chi connectivity index (χ1v) is 7.61. The Morgan fingerprint density at radius 2 is 2.00 bits per heavy atom. The summed E-state index contributed by atoms with van der Waals surface area (Å²) in [5.74, 6) is 0. The number of nitrogens with one attached hydrogen (secondary N) is 1. The second-order valence-electron chi connectivity index (χ2n) is 5.85. The van der Waals surface area contributed by atoms with E-state index in [-0.39, 0.29) is 0 Å². The molecule has 0 unspecified atom stereocenters. The van der Waals surface area contributed by atoms with Crippen LogP contribution in [0.2, 0.25) is 0 Å². The van der Waals surface area contributed by atoms with E-state index in [4.69, 9.17) is 0 Å². The zero-order valence-corrected chi connectivity index (χ0v) is 12.3. The molecule has 4 nitrogen and oxygen atoms in total. The van der Waals surface area contributed by atoms with Crippen molar-refractivity contribution in [1.29, 1.82) is 0 Å². The fraction of sp³-hybridized carbons (Fsp3) is 0.375. The molecule has 0 saturated carbocycles. The number of hydrogen-bond donors (Lipinski definition) is 1. The van der Waals surface area contributed by atoms with E-state index in [2.05, 4.69) is 15.1 Å². The number of aromatic nitrogens is 4. The van der Waals surface area contributed by atoms with Crippen molar-refractivity contribution in [2.75, 3.05) is 0 Å². The Morgan fingerprint density at radius 1 is 1.17 bits per heavy atom. The van der Waals surface area contributed by atoms with Crippen LogP contribution in [0.3, 0.4) is 0 Å². The van der Waals surface area contributed by atoms with Crippen molar-refractivity contribution in [3.8, 4) is 11.3 Å². The lowest BCUT2D eigenvalue weighted by atomic mass is 9.93. The van der Waals surface area contributed by atoms with E-state index in [1.807, 2.05) is 6.07 Å². The van der Waals surface area contributed by atoms with Crippen molar-refractivity contribution in [2.24, 2.45) is 0 Å². The van der Waals surface area contributed by atoms with Gasteiger partial charge in [-0.1, -0.05) is 0 Å². The Morgan fingerprint density at radius 3 is 2.83 bits per heavy atom. The van der Waals surface area contributed by atoms with Gasteiger partial charge in [0.15, 0.2) is 0 Å². The highest BCUT2D eigenvalue weighted by Gasteiger charge is 2.32. The molecular weight excluding hydrogens is 305 g/mol. The second kappa shape index (κ2) is 5.11. The van der Waals surface area contributed by atoms with E-state index in [0.717, 1.165) is 52.6 Å². The van der Waals surface area contributed by atoms with Gasteiger partial charge in [-0.2, -0.15) is 18.3 Å². The topological polar surface area (TPSA) is 46.5 Å². The first-order chi connectivity index (χ1) is 11.0. The number of nitrogens with zero attached hydrogens (tertiary/aromatic N) is 3. The molecule has 7 heteroatoms. The van der Waals surface area contributed by atoms with Crippen LogP contribution >= 0.6 is 0 Å². The zero-order valence-electron chi connectivity index (χ0n) is 12.3. The van der Waals surface area contributed by atoms with Gasteiger partial charge in [0.2, 0.25) is 0 Å². The summed E-state index contributed by atoms with van der Waals surface area (Å²) in [6.07, 6.45) is 2.55. The maximum atomic E-state index is 13.0. The van der Waals surface area contributed by atoms with Gasteiger partial charge in [0, 0.05) is 28.9 Å². The molecule has 120 valence electrons. The highest BCUT2D eigenvalue weighted by atomic mass is 19.4. The van der Waals surface area contributed by atoms with Gasteiger partial charge in [-0.15, -0.1) is 0 Å². The summed E-state index contributed by atoms with van der Waals surface area (Å²) in [4.78, 5) is 7.23. The number of fused-ring (bicyclic) bond motifs is 2. The van der Waals surface area contributed by atoms with Crippen molar-refractivity contribution in [1.82, 2.24) is 19.7 Å². The van der Waals surface area contributed by atoms with Crippen LogP contribution in [0, 0.1) is 0 Å². The predicted octanol–water partition coefficient (Wildman–Crippen LogP) is 3.87. The van der Waals surface area contributed by atoms with Gasteiger partial charge in [-0.05, 0) is 37.8 Å². The van der Waals surface area contributed by atoms with Crippen LogP contribution in [0.1, 0.15) is 24.1 Å². The summed E-state index contributed by atoms with van der Waals surface area (Å²) in [6, 6.07) is 3.62. The maximum absolute atomic E-state index is 13.0. The van der Waals surface area contributed by atoms with Crippen LogP contribution in [0.5, 0.6) is 0 Å². The zero-order chi connectivity index (χ0) is 16.0. The van der Waals surface area contributed by atoms with Gasteiger partial charge in [-0.3, -0.25) is 4.68 Å². The molecule has 4 rings (SSSR count). The minimum atomic E-state index is -4.30. The molecule has 1 aliphatic carbocycles. The Labute approximate surface area is 130 Å². The van der Waals surface area contributed by atoms with Gasteiger partial charge in [0.25, 0.3) is 0 Å². The van der Waals surface area contributed by atoms with E-state index in [1.54, 1.807) is 18.5 Å². The van der Waals surface area contributed by atoms with Crippen LogP contribution in [0.15, 0.2) is 24.5 Å². The predicted molar refractivity (Wildman–Crippen MR) is 80.0 cm³/mol. The highest BCUT2D eigenvalue weighted by Crippen LogP contribution is 2.36. The molecule has 0 fully saturated rings. The molecule has 3 aromatic rings. The van der Waals surface area contributed by atoms with Crippen LogP contribution in [-0.2, 0) is 19.4 Å². The minimum Gasteiger partial charge on any atom is -0.346 e. The lowest BCUT2D eigenvalue weighted by Crippen LogP contribution is -2.19. The number of halogens is 3. The van der Waals surface area contributed by atoms with Crippen LogP contribution < -0.4 is 0 Å². The first-order valence-electron chi connectivity index (χ1n) is 7.61. The van der Waals surface area contributed by atoms with Crippen LogP contribution in [0.25, 0.3) is 22.3 Å². The van der Waals surface area contributed by atoms with Gasteiger partial charge >= 0.3 is 6.18 Å². The van der Waals surface area contributed by atoms with Crippen molar-refractivity contribution in [3.05, 3.63) is 35.8 Å². The quantitative estimate of drug-likeness (QED) is 0.779. The molecule has 0 atom stereocenters. The van der Waals surface area contributed by atoms with Crippen molar-refractivity contribution >= 4 is 11.0 Å². The lowest BCUT2D eigenvalue weighted by molar-refractivity contribution is -0.142. The third-order valence-electron chi connectivity index (χ3n) is 4.27. The third kappa shape index (κ3) is 2.50. The molecule has 0 aliphatic heterocycles. The molecule has 0 spiro atoms. The monoisotopic (exact) mass is 320 g/mol. The average Bonchev–Trinajstić information content (AvgIpc) is 3.08. The molecule has 3 heterocycles. The Hall–Kier alpha value is -2.31. The van der Waals surface area contributed by atoms with Gasteiger partial charge in [-0.25, -0.2) is 4.98 Å². The summed E-state index contributed by atoms with van der Waals surface area (Å²) in [5, 5.41) is 5.09. The second-order valence-corrected chi connectivity index (χ2v) is 5.85. The van der Waals surface area contributed by atoms with E-state index in [1.165, 1.54) is 0 Å². The van der Waals surface area contributed by atoms with Crippen molar-refractivity contribution < 1.29 is 13.2 Å². The Bertz CT molecular complexity index is 860. The standard InChI is InChI=1S/C16H15F3N4/c17-16(18,19)9-23-14(12-3-1-2-4-13(12)22-23)10-5-7-20-15-11(10)6-8-21-15/h5-8H,1-4,9H2,(H,20,21). The Kier molecular flexibility index (Phi) is 3.18. The summed E-state index contributed by atoms with van der Waals surface area (Å²) in [5.41, 5.74) is 3.78. The summed E-state index contributed by atoms with van der Waals surface area (Å²) in [7, 11) is 0. The van der Waals surface area contributed by atoms with Crippen molar-refractivity contribution in [2.45, 2.75) is 38.4 Å². The molecule has 0 saturated heterocycles. The van der Waals surface area contributed by atoms with Gasteiger partial charge < -0.3 is 4.98 Å². The van der Waals surface area contributed by atoms with Crippen LogP contribution in [-0.4, -0.2) is 25.9 Å². The summed E-state index contributed by atoms with van der Waals surface area (Å²) < 4.78 is 40.1. The van der Waals surface area contributed by atoms with Crippen LogP contribution in [0.4, 0.5) is 13.2 Å². The minimum absolute atomic E-state index is 0.587. The number of aryl methyl sites for hydroxylation is 1. The molecule has 1 aliphatic rings. The van der Waals surface area contributed by atoms with Gasteiger partial charge in [0.05, 0.1) is 11.4 Å². The SMILES string of the molecule is FC(F)(F)Cn1nc2c(c1-c1ccnc3[nH]ccc13)CCCC2. The van der Waals surface area contributed by atoms with E-state index < -0.39 is 12.7 Å². The molecule has 0 amide bonds. The smallest absolute Gasteiger partial charge is 0.346 e. The molecular formula is C16H15F3N4. The Balaban J connectivity index is 1.95. The fourth-order valence-electron chi connectivity index (χ4n) is 3.36. The third-order valence-corrected chi connectivity index (χ3v) is 4.27. The first kappa shape index (κ1) is 14.3. The summed E-state index contributed by atoms with van der Waals surface area (Å²) >= 11 is 0. The number of hydrogen-bond acceptors (Lipinski definition) is 2. The van der Waals surface area contributed by atoms with E-state index in [9.17, 15) is 13.2 Å². The molecule has 23 heavy (non-hydrogen) atoms. The number of rotatable bonds is 2. The van der Waals surface area contributed by atoms with Crippen molar-refractivity contribution in [3.63, 3.8) is 0 Å². The highest BCUT2D eigenvalue weighted by molar-refractivity contribution is 5.92. The molecule has 0 aromatic carbocycles. The number of aromatic amines is 1. The molecule has 1 N–H and O–H groups in total.